The van der Waals surface area contributed by atoms with Crippen LogP contribution in [-0.2, 0) is 0 Å². The van der Waals surface area contributed by atoms with Gasteiger partial charge in [0.15, 0.2) is 5.16 Å². The summed E-state index contributed by atoms with van der Waals surface area (Å²) in [6.45, 7) is 4.22. The Morgan fingerprint density at radius 2 is 1.80 bits per heavy atom. The molecule has 6 heteroatoms. The molecule has 1 heterocycles. The van der Waals surface area contributed by atoms with Crippen LogP contribution in [0.15, 0.2) is 28.3 Å². The highest BCUT2D eigenvalue weighted by molar-refractivity contribution is 7.99. The summed E-state index contributed by atoms with van der Waals surface area (Å²) in [6.07, 6.45) is 0. The van der Waals surface area contributed by atoms with Gasteiger partial charge in [-0.3, -0.25) is 0 Å². The first kappa shape index (κ1) is 14.6. The van der Waals surface area contributed by atoms with Gasteiger partial charge < -0.3 is 10.2 Å². The molecule has 0 aliphatic rings. The fourth-order valence-electron chi connectivity index (χ4n) is 1.59. The molecule has 0 fully saturated rings. The molecule has 0 aliphatic carbocycles. The third-order valence-corrected chi connectivity index (χ3v) is 3.77. The lowest BCUT2D eigenvalue weighted by Gasteiger charge is -2.12. The lowest BCUT2D eigenvalue weighted by atomic mass is 10.1. The molecule has 2 aromatic rings. The summed E-state index contributed by atoms with van der Waals surface area (Å²) in [5, 5.41) is 3.66. The fourth-order valence-corrected chi connectivity index (χ4v) is 2.43. The first-order valence-corrected chi connectivity index (χ1v) is 7.17. The maximum Gasteiger partial charge on any atom is 0.230 e. The Bertz CT molecular complexity index is 613. The SMILES string of the molecule is CNc1nc(Sc2ccc(C)c(C)c2)nc(N(C)C)n1. The first-order valence-electron chi connectivity index (χ1n) is 6.36. The second-order valence-electron chi connectivity index (χ2n) is 4.73. The Morgan fingerprint density at radius 1 is 1.05 bits per heavy atom. The number of nitrogens with zero attached hydrogens (tertiary/aromatic N) is 4. The minimum Gasteiger partial charge on any atom is -0.357 e. The minimum atomic E-state index is 0.579. The molecule has 1 aromatic heterocycles. The zero-order valence-electron chi connectivity index (χ0n) is 12.4. The van der Waals surface area contributed by atoms with Gasteiger partial charge in [0.05, 0.1) is 0 Å². The van der Waals surface area contributed by atoms with Crippen molar-refractivity contribution in [1.29, 1.82) is 0 Å². The van der Waals surface area contributed by atoms with Gasteiger partial charge in [-0.15, -0.1) is 0 Å². The number of nitrogens with one attached hydrogen (secondary N) is 1. The van der Waals surface area contributed by atoms with Crippen molar-refractivity contribution in [3.8, 4) is 0 Å². The highest BCUT2D eigenvalue weighted by Gasteiger charge is 2.09. The predicted molar refractivity (Wildman–Crippen MR) is 83.7 cm³/mol. The van der Waals surface area contributed by atoms with Crippen molar-refractivity contribution in [2.75, 3.05) is 31.4 Å². The van der Waals surface area contributed by atoms with E-state index in [-0.39, 0.29) is 0 Å². The van der Waals surface area contributed by atoms with E-state index in [2.05, 4.69) is 52.3 Å². The van der Waals surface area contributed by atoms with Crippen LogP contribution >= 0.6 is 11.8 Å². The summed E-state index contributed by atoms with van der Waals surface area (Å²) in [6, 6.07) is 6.36. The van der Waals surface area contributed by atoms with Crippen molar-refractivity contribution < 1.29 is 0 Å². The molecule has 0 spiro atoms. The molecule has 0 aliphatic heterocycles. The van der Waals surface area contributed by atoms with E-state index in [1.54, 1.807) is 18.8 Å². The van der Waals surface area contributed by atoms with Crippen LogP contribution in [-0.4, -0.2) is 36.1 Å². The zero-order chi connectivity index (χ0) is 14.7. The second-order valence-corrected chi connectivity index (χ2v) is 5.77. The van der Waals surface area contributed by atoms with Gasteiger partial charge >= 0.3 is 0 Å². The Morgan fingerprint density at radius 3 is 2.40 bits per heavy atom. The van der Waals surface area contributed by atoms with Crippen molar-refractivity contribution in [2.24, 2.45) is 0 Å². The molecular weight excluding hydrogens is 270 g/mol. The summed E-state index contributed by atoms with van der Waals surface area (Å²) >= 11 is 1.54. The van der Waals surface area contributed by atoms with Crippen LogP contribution in [0, 0.1) is 13.8 Å². The van der Waals surface area contributed by atoms with E-state index in [1.165, 1.54) is 11.1 Å². The van der Waals surface area contributed by atoms with Gasteiger partial charge in [0.25, 0.3) is 0 Å². The topological polar surface area (TPSA) is 53.9 Å². The van der Waals surface area contributed by atoms with Gasteiger partial charge in [-0.1, -0.05) is 6.07 Å². The van der Waals surface area contributed by atoms with Crippen LogP contribution in [0.25, 0.3) is 0 Å². The lowest BCUT2D eigenvalue weighted by Crippen LogP contribution is -2.15. The van der Waals surface area contributed by atoms with E-state index in [9.17, 15) is 0 Å². The Hall–Kier alpha value is -1.82. The zero-order valence-corrected chi connectivity index (χ0v) is 13.2. The summed E-state index contributed by atoms with van der Waals surface area (Å²) in [4.78, 5) is 16.1. The van der Waals surface area contributed by atoms with Crippen LogP contribution in [0.5, 0.6) is 0 Å². The molecule has 106 valence electrons. The van der Waals surface area contributed by atoms with Crippen molar-refractivity contribution in [3.05, 3.63) is 29.3 Å². The van der Waals surface area contributed by atoms with Crippen LogP contribution < -0.4 is 10.2 Å². The number of hydrogen-bond acceptors (Lipinski definition) is 6. The Labute approximate surface area is 123 Å². The minimum absolute atomic E-state index is 0.579. The molecule has 0 bridgehead atoms. The average molecular weight is 289 g/mol. The van der Waals surface area contributed by atoms with E-state index >= 15 is 0 Å². The molecule has 5 nitrogen and oxygen atoms in total. The third kappa shape index (κ3) is 3.39. The van der Waals surface area contributed by atoms with Gasteiger partial charge in [0.1, 0.15) is 0 Å². The molecule has 0 saturated carbocycles. The van der Waals surface area contributed by atoms with Gasteiger partial charge in [-0.2, -0.15) is 15.0 Å². The molecule has 2 rings (SSSR count). The van der Waals surface area contributed by atoms with E-state index < -0.39 is 0 Å². The monoisotopic (exact) mass is 289 g/mol. The number of hydrogen-bond donors (Lipinski definition) is 1. The van der Waals surface area contributed by atoms with Crippen molar-refractivity contribution in [3.63, 3.8) is 0 Å². The Balaban J connectivity index is 2.32. The highest BCUT2D eigenvalue weighted by atomic mass is 32.2. The molecule has 0 atom stereocenters. The second kappa shape index (κ2) is 6.09. The fraction of sp³-hybridized carbons (Fsp3) is 0.357. The third-order valence-electron chi connectivity index (χ3n) is 2.91. The van der Waals surface area contributed by atoms with Crippen LogP contribution in [0.4, 0.5) is 11.9 Å². The molecule has 1 aromatic carbocycles. The van der Waals surface area contributed by atoms with Gasteiger partial charge in [-0.05, 0) is 48.9 Å². The van der Waals surface area contributed by atoms with Crippen molar-refractivity contribution >= 4 is 23.7 Å². The van der Waals surface area contributed by atoms with Gasteiger partial charge in [0, 0.05) is 26.0 Å². The number of aromatic nitrogens is 3. The average Bonchev–Trinajstić information content (AvgIpc) is 2.42. The molecule has 0 amide bonds. The molecule has 1 N–H and O–H groups in total. The van der Waals surface area contributed by atoms with Crippen molar-refractivity contribution in [2.45, 2.75) is 23.9 Å². The van der Waals surface area contributed by atoms with E-state index in [0.717, 1.165) is 4.90 Å². The predicted octanol–water partition coefficient (Wildman–Crippen LogP) is 2.75. The van der Waals surface area contributed by atoms with Crippen LogP contribution in [0.2, 0.25) is 0 Å². The maximum atomic E-state index is 4.45. The van der Waals surface area contributed by atoms with Crippen LogP contribution in [0.1, 0.15) is 11.1 Å². The van der Waals surface area contributed by atoms with E-state index in [1.807, 2.05) is 19.0 Å². The lowest BCUT2D eigenvalue weighted by molar-refractivity contribution is 0.870. The normalized spacial score (nSPS) is 10.4. The maximum absolute atomic E-state index is 4.45. The molecular formula is C14H19N5S. The summed E-state index contributed by atoms with van der Waals surface area (Å²) < 4.78 is 0. The quantitative estimate of drug-likeness (QED) is 0.934. The number of rotatable bonds is 4. The van der Waals surface area contributed by atoms with Crippen LogP contribution in [0.3, 0.4) is 0 Å². The smallest absolute Gasteiger partial charge is 0.230 e. The molecule has 0 radical (unpaired) electrons. The largest absolute Gasteiger partial charge is 0.357 e. The molecule has 0 saturated heterocycles. The summed E-state index contributed by atoms with van der Waals surface area (Å²) in [5.41, 5.74) is 2.56. The Kier molecular flexibility index (Phi) is 4.44. The van der Waals surface area contributed by atoms with Crippen molar-refractivity contribution in [1.82, 2.24) is 15.0 Å². The molecule has 20 heavy (non-hydrogen) atoms. The van der Waals surface area contributed by atoms with Gasteiger partial charge in [0.2, 0.25) is 11.9 Å². The summed E-state index contributed by atoms with van der Waals surface area (Å²) in [7, 11) is 5.64. The molecule has 0 unspecified atom stereocenters. The standard InChI is InChI=1S/C14H19N5S/c1-9-6-7-11(8-10(9)2)20-14-17-12(15-3)16-13(18-14)19(4)5/h6-8H,1-5H3,(H,15,16,17,18). The number of aryl methyl sites for hydroxylation is 2. The summed E-state index contributed by atoms with van der Waals surface area (Å²) in [5.74, 6) is 1.23. The van der Waals surface area contributed by atoms with Gasteiger partial charge in [-0.25, -0.2) is 0 Å². The van der Waals surface area contributed by atoms with E-state index in [4.69, 9.17) is 0 Å². The first-order chi connectivity index (χ1) is 9.49. The highest BCUT2D eigenvalue weighted by Crippen LogP contribution is 2.27. The number of anilines is 2. The van der Waals surface area contributed by atoms with E-state index in [0.29, 0.717) is 17.1 Å². The number of benzene rings is 1.